The fourth-order valence-electron chi connectivity index (χ4n) is 1.86. The molecule has 1 heterocycles. The van der Waals surface area contributed by atoms with E-state index >= 15 is 0 Å². The van der Waals surface area contributed by atoms with Gasteiger partial charge in [-0.25, -0.2) is 0 Å². The Morgan fingerprint density at radius 1 is 1.50 bits per heavy atom. The number of carbonyl (C=O) groups is 2. The summed E-state index contributed by atoms with van der Waals surface area (Å²) in [6, 6.07) is 5.12. The van der Waals surface area contributed by atoms with Crippen molar-refractivity contribution in [3.05, 3.63) is 23.8 Å². The van der Waals surface area contributed by atoms with Gasteiger partial charge in [-0.3, -0.25) is 9.59 Å². The number of ether oxygens (including phenoxy) is 1. The van der Waals surface area contributed by atoms with Gasteiger partial charge in [-0.1, -0.05) is 0 Å². The lowest BCUT2D eigenvalue weighted by atomic mass is 10.1. The number of ketones is 1. The molecule has 0 aromatic heterocycles. The molecule has 1 aliphatic heterocycles. The van der Waals surface area contributed by atoms with Crippen molar-refractivity contribution in [1.29, 1.82) is 0 Å². The minimum absolute atomic E-state index is 0.0179. The van der Waals surface area contributed by atoms with Gasteiger partial charge in [-0.05, 0) is 18.2 Å². The molecule has 0 bridgehead atoms. The van der Waals surface area contributed by atoms with Crippen LogP contribution in [-0.2, 0) is 4.79 Å². The van der Waals surface area contributed by atoms with Crippen LogP contribution in [0.4, 0.5) is 5.69 Å². The molecule has 5 heteroatoms. The van der Waals surface area contributed by atoms with Gasteiger partial charge in [0, 0.05) is 24.9 Å². The van der Waals surface area contributed by atoms with Crippen LogP contribution >= 0.6 is 11.6 Å². The average molecular weight is 268 g/mol. The van der Waals surface area contributed by atoms with Gasteiger partial charge in [0.15, 0.2) is 5.78 Å². The van der Waals surface area contributed by atoms with Gasteiger partial charge in [0.25, 0.3) is 0 Å². The first-order chi connectivity index (χ1) is 8.63. The quantitative estimate of drug-likeness (QED) is 0.623. The fraction of sp³-hybridized carbons (Fsp3) is 0.385. The molecule has 1 amide bonds. The number of carbonyl (C=O) groups excluding carboxylic acids is 2. The second-order valence-corrected chi connectivity index (χ2v) is 4.47. The number of Topliss-reactive ketones (excluding diaryl/α,β-unsaturated/α-hetero) is 1. The van der Waals surface area contributed by atoms with Crippen LogP contribution in [0.5, 0.6) is 5.75 Å². The molecule has 0 aliphatic carbocycles. The van der Waals surface area contributed by atoms with E-state index in [0.717, 1.165) is 0 Å². The zero-order valence-electron chi connectivity index (χ0n) is 10.1. The number of fused-ring (bicyclic) bond motifs is 1. The van der Waals surface area contributed by atoms with Crippen LogP contribution in [-0.4, -0.2) is 31.2 Å². The SMILES string of the molecule is CN1C(=O)CCOc2ccc(C(=O)CCCl)cc21. The number of halogens is 1. The highest BCUT2D eigenvalue weighted by molar-refractivity contribution is 6.19. The first-order valence-corrected chi connectivity index (χ1v) is 6.29. The van der Waals surface area contributed by atoms with E-state index < -0.39 is 0 Å². The molecular formula is C13H14ClNO3. The van der Waals surface area contributed by atoms with Crippen LogP contribution in [0, 0.1) is 0 Å². The molecule has 0 spiro atoms. The van der Waals surface area contributed by atoms with E-state index in [9.17, 15) is 9.59 Å². The van der Waals surface area contributed by atoms with Crippen LogP contribution in [0.25, 0.3) is 0 Å². The van der Waals surface area contributed by atoms with E-state index in [1.54, 1.807) is 25.2 Å². The van der Waals surface area contributed by atoms with Crippen molar-refractivity contribution in [3.8, 4) is 5.75 Å². The van der Waals surface area contributed by atoms with Gasteiger partial charge in [0.05, 0.1) is 18.7 Å². The van der Waals surface area contributed by atoms with Gasteiger partial charge in [0.1, 0.15) is 5.75 Å². The molecule has 0 saturated carbocycles. The standard InChI is InChI=1S/C13H14ClNO3/c1-15-10-8-9(11(16)4-6-14)2-3-12(10)18-7-5-13(15)17/h2-3,8H,4-7H2,1H3. The molecule has 2 rings (SSSR count). The normalized spacial score (nSPS) is 14.8. The van der Waals surface area contributed by atoms with Crippen molar-refractivity contribution in [2.45, 2.75) is 12.8 Å². The highest BCUT2D eigenvalue weighted by Crippen LogP contribution is 2.31. The van der Waals surface area contributed by atoms with E-state index in [1.165, 1.54) is 4.90 Å². The van der Waals surface area contributed by atoms with Crippen molar-refractivity contribution in [2.24, 2.45) is 0 Å². The zero-order valence-corrected chi connectivity index (χ0v) is 10.9. The Hall–Kier alpha value is -1.55. The molecular weight excluding hydrogens is 254 g/mol. The summed E-state index contributed by atoms with van der Waals surface area (Å²) in [7, 11) is 1.69. The topological polar surface area (TPSA) is 46.6 Å². The maximum atomic E-state index is 11.8. The molecule has 0 N–H and O–H groups in total. The Labute approximate surface area is 110 Å². The zero-order chi connectivity index (χ0) is 13.1. The van der Waals surface area contributed by atoms with Crippen molar-refractivity contribution in [1.82, 2.24) is 0 Å². The molecule has 0 atom stereocenters. The minimum Gasteiger partial charge on any atom is -0.491 e. The summed E-state index contributed by atoms with van der Waals surface area (Å²) < 4.78 is 5.48. The van der Waals surface area contributed by atoms with E-state index in [1.807, 2.05) is 0 Å². The van der Waals surface area contributed by atoms with Crippen LogP contribution in [0.15, 0.2) is 18.2 Å². The molecule has 1 aromatic carbocycles. The fourth-order valence-corrected chi connectivity index (χ4v) is 2.03. The minimum atomic E-state index is -0.0297. The van der Waals surface area contributed by atoms with E-state index in [0.29, 0.717) is 42.3 Å². The van der Waals surface area contributed by atoms with Crippen molar-refractivity contribution in [2.75, 3.05) is 24.4 Å². The van der Waals surface area contributed by atoms with Gasteiger partial charge in [-0.2, -0.15) is 0 Å². The molecule has 4 nitrogen and oxygen atoms in total. The number of alkyl halides is 1. The van der Waals surface area contributed by atoms with Crippen molar-refractivity contribution < 1.29 is 14.3 Å². The Morgan fingerprint density at radius 3 is 3.00 bits per heavy atom. The summed E-state index contributed by atoms with van der Waals surface area (Å²) in [4.78, 5) is 25.0. The number of hydrogen-bond acceptors (Lipinski definition) is 3. The summed E-state index contributed by atoms with van der Waals surface area (Å²) >= 11 is 5.56. The van der Waals surface area contributed by atoms with E-state index in [-0.39, 0.29) is 11.7 Å². The number of amides is 1. The largest absolute Gasteiger partial charge is 0.491 e. The number of anilines is 1. The molecule has 18 heavy (non-hydrogen) atoms. The molecule has 96 valence electrons. The third kappa shape index (κ3) is 2.48. The van der Waals surface area contributed by atoms with E-state index in [2.05, 4.69) is 0 Å². The lowest BCUT2D eigenvalue weighted by molar-refractivity contribution is -0.118. The van der Waals surface area contributed by atoms with Crippen molar-refractivity contribution >= 4 is 29.0 Å². The molecule has 0 saturated heterocycles. The lowest BCUT2D eigenvalue weighted by Crippen LogP contribution is -2.25. The first-order valence-electron chi connectivity index (χ1n) is 5.76. The predicted molar refractivity (Wildman–Crippen MR) is 69.6 cm³/mol. The van der Waals surface area contributed by atoms with Crippen LogP contribution in [0.2, 0.25) is 0 Å². The lowest BCUT2D eigenvalue weighted by Gasteiger charge is -2.17. The maximum Gasteiger partial charge on any atom is 0.230 e. The third-order valence-corrected chi connectivity index (χ3v) is 3.10. The summed E-state index contributed by atoms with van der Waals surface area (Å²) in [5.74, 6) is 0.876. The summed E-state index contributed by atoms with van der Waals surface area (Å²) in [5.41, 5.74) is 1.19. The molecule has 1 aromatic rings. The second-order valence-electron chi connectivity index (χ2n) is 4.10. The molecule has 0 fully saturated rings. The predicted octanol–water partition coefficient (Wildman–Crippen LogP) is 2.24. The maximum absolute atomic E-state index is 11.8. The first kappa shape index (κ1) is 12.9. The second kappa shape index (κ2) is 5.40. The van der Waals surface area contributed by atoms with Gasteiger partial charge in [0.2, 0.25) is 5.91 Å². The van der Waals surface area contributed by atoms with Gasteiger partial charge < -0.3 is 9.64 Å². The van der Waals surface area contributed by atoms with Crippen LogP contribution in [0.1, 0.15) is 23.2 Å². The summed E-state index contributed by atoms with van der Waals surface area (Å²) in [6.45, 7) is 0.366. The number of hydrogen-bond donors (Lipinski definition) is 0. The van der Waals surface area contributed by atoms with Gasteiger partial charge in [-0.15, -0.1) is 11.6 Å². The van der Waals surface area contributed by atoms with Crippen molar-refractivity contribution in [3.63, 3.8) is 0 Å². The summed E-state index contributed by atoms with van der Waals surface area (Å²) in [6.07, 6.45) is 0.634. The molecule has 1 aliphatic rings. The molecule has 0 radical (unpaired) electrons. The number of rotatable bonds is 3. The van der Waals surface area contributed by atoms with Gasteiger partial charge >= 0.3 is 0 Å². The third-order valence-electron chi connectivity index (χ3n) is 2.91. The monoisotopic (exact) mass is 267 g/mol. The molecule has 0 unspecified atom stereocenters. The Morgan fingerprint density at radius 2 is 2.28 bits per heavy atom. The number of nitrogens with zero attached hydrogens (tertiary/aromatic N) is 1. The Balaban J connectivity index is 2.37. The smallest absolute Gasteiger partial charge is 0.230 e. The summed E-state index contributed by atoms with van der Waals surface area (Å²) in [5, 5.41) is 0. The Bertz CT molecular complexity index is 487. The highest BCUT2D eigenvalue weighted by atomic mass is 35.5. The highest BCUT2D eigenvalue weighted by Gasteiger charge is 2.21. The van der Waals surface area contributed by atoms with Crippen LogP contribution in [0.3, 0.4) is 0 Å². The van der Waals surface area contributed by atoms with E-state index in [4.69, 9.17) is 16.3 Å². The number of benzene rings is 1. The average Bonchev–Trinajstić information content (AvgIpc) is 2.50. The van der Waals surface area contributed by atoms with Crippen LogP contribution < -0.4 is 9.64 Å². The Kier molecular flexibility index (Phi) is 3.87.